The summed E-state index contributed by atoms with van der Waals surface area (Å²) in [6.45, 7) is 12.1. The van der Waals surface area contributed by atoms with Crippen molar-refractivity contribution < 1.29 is 4.74 Å². The van der Waals surface area contributed by atoms with Crippen LogP contribution in [0.5, 0.6) is 0 Å². The first-order valence-electron chi connectivity index (χ1n) is 6.99. The molecule has 19 heavy (non-hydrogen) atoms. The lowest BCUT2D eigenvalue weighted by atomic mass is 10.1. The van der Waals surface area contributed by atoms with E-state index in [-0.39, 0.29) is 5.60 Å². The Labute approximate surface area is 117 Å². The molecule has 0 saturated heterocycles. The summed E-state index contributed by atoms with van der Waals surface area (Å²) < 4.78 is 5.75. The fourth-order valence-corrected chi connectivity index (χ4v) is 1.52. The highest BCUT2D eigenvalue weighted by Crippen LogP contribution is 2.13. The third-order valence-electron chi connectivity index (χ3n) is 2.61. The average molecular weight is 261 g/mol. The minimum absolute atomic E-state index is 0.0823. The van der Waals surface area contributed by atoms with Gasteiger partial charge in [-0.15, -0.1) is 0 Å². The van der Waals surface area contributed by atoms with Gasteiger partial charge in [-0.2, -0.15) is 0 Å². The molecule has 1 rings (SSSR count). The van der Waals surface area contributed by atoms with E-state index in [0.717, 1.165) is 6.54 Å². The lowest BCUT2D eigenvalue weighted by molar-refractivity contribution is -0.0149. The van der Waals surface area contributed by atoms with Crippen molar-refractivity contribution in [2.24, 2.45) is 0 Å². The Morgan fingerprint density at radius 3 is 2.32 bits per heavy atom. The molecule has 0 heterocycles. The van der Waals surface area contributed by atoms with Crippen molar-refractivity contribution in [2.45, 2.75) is 52.9 Å². The van der Waals surface area contributed by atoms with Gasteiger partial charge in [-0.3, -0.25) is 0 Å². The van der Waals surface area contributed by atoms with Crippen molar-refractivity contribution in [2.75, 3.05) is 6.54 Å². The van der Waals surface area contributed by atoms with Gasteiger partial charge in [0.15, 0.2) is 0 Å². The van der Waals surface area contributed by atoms with Crippen LogP contribution in [-0.2, 0) is 11.3 Å². The van der Waals surface area contributed by atoms with Crippen LogP contribution in [0.25, 0.3) is 6.08 Å². The topological polar surface area (TPSA) is 21.3 Å². The van der Waals surface area contributed by atoms with Crippen molar-refractivity contribution in [3.63, 3.8) is 0 Å². The fourth-order valence-electron chi connectivity index (χ4n) is 1.52. The van der Waals surface area contributed by atoms with Gasteiger partial charge >= 0.3 is 0 Å². The molecule has 0 radical (unpaired) electrons. The SMILES string of the molecule is CC(C)NC/C=C/c1ccc(COC(C)(C)C)cc1. The molecule has 0 aliphatic carbocycles. The highest BCUT2D eigenvalue weighted by atomic mass is 16.5. The standard InChI is InChI=1S/C17H27NO/c1-14(2)18-12-6-7-15-8-10-16(11-9-15)13-19-17(3,4)5/h6-11,14,18H,12-13H2,1-5H3/b7-6+. The molecule has 1 N–H and O–H groups in total. The van der Waals surface area contributed by atoms with Crippen LogP contribution in [0.2, 0.25) is 0 Å². The van der Waals surface area contributed by atoms with Crippen molar-refractivity contribution in [1.82, 2.24) is 5.32 Å². The van der Waals surface area contributed by atoms with Crippen LogP contribution in [0.3, 0.4) is 0 Å². The van der Waals surface area contributed by atoms with Gasteiger partial charge in [0, 0.05) is 12.6 Å². The Kier molecular flexibility index (Phi) is 6.26. The van der Waals surface area contributed by atoms with Crippen LogP contribution in [0, 0.1) is 0 Å². The van der Waals surface area contributed by atoms with Gasteiger partial charge in [0.05, 0.1) is 12.2 Å². The molecule has 1 aromatic rings. The first kappa shape index (κ1) is 15.9. The highest BCUT2D eigenvalue weighted by Gasteiger charge is 2.09. The maximum Gasteiger partial charge on any atom is 0.0724 e. The molecule has 0 spiro atoms. The quantitative estimate of drug-likeness (QED) is 0.835. The van der Waals surface area contributed by atoms with Crippen LogP contribution in [0.4, 0.5) is 0 Å². The Hall–Kier alpha value is -1.12. The molecule has 0 aliphatic heterocycles. The third kappa shape index (κ3) is 7.81. The van der Waals surface area contributed by atoms with Gasteiger partial charge in [0.1, 0.15) is 0 Å². The molecule has 0 unspecified atom stereocenters. The maximum absolute atomic E-state index is 5.75. The summed E-state index contributed by atoms with van der Waals surface area (Å²) in [4.78, 5) is 0. The Bertz CT molecular complexity index is 385. The summed E-state index contributed by atoms with van der Waals surface area (Å²) in [7, 11) is 0. The summed E-state index contributed by atoms with van der Waals surface area (Å²) in [5.41, 5.74) is 2.36. The number of hydrogen-bond donors (Lipinski definition) is 1. The van der Waals surface area contributed by atoms with E-state index in [9.17, 15) is 0 Å². The first-order chi connectivity index (χ1) is 8.87. The van der Waals surface area contributed by atoms with Crippen LogP contribution < -0.4 is 5.32 Å². The van der Waals surface area contributed by atoms with E-state index < -0.39 is 0 Å². The van der Waals surface area contributed by atoms with Gasteiger partial charge in [-0.25, -0.2) is 0 Å². The molecule has 0 aromatic heterocycles. The number of hydrogen-bond acceptors (Lipinski definition) is 2. The molecule has 1 aromatic carbocycles. The minimum atomic E-state index is -0.0823. The van der Waals surface area contributed by atoms with Crippen LogP contribution in [0.15, 0.2) is 30.3 Å². The minimum Gasteiger partial charge on any atom is -0.371 e. The average Bonchev–Trinajstić information content (AvgIpc) is 2.32. The van der Waals surface area contributed by atoms with Crippen molar-refractivity contribution in [3.8, 4) is 0 Å². The van der Waals surface area contributed by atoms with Gasteiger partial charge in [0.2, 0.25) is 0 Å². The molecular weight excluding hydrogens is 234 g/mol. The van der Waals surface area contributed by atoms with E-state index in [1.54, 1.807) is 0 Å². The summed E-state index contributed by atoms with van der Waals surface area (Å²) in [5.74, 6) is 0. The largest absolute Gasteiger partial charge is 0.371 e. The molecule has 0 atom stereocenters. The molecule has 2 nitrogen and oxygen atoms in total. The molecule has 0 amide bonds. The zero-order valence-corrected chi connectivity index (χ0v) is 12.9. The lowest BCUT2D eigenvalue weighted by Gasteiger charge is -2.19. The normalized spacial score (nSPS) is 12.5. The number of benzene rings is 1. The zero-order chi connectivity index (χ0) is 14.3. The Morgan fingerprint density at radius 1 is 1.16 bits per heavy atom. The predicted molar refractivity (Wildman–Crippen MR) is 83.2 cm³/mol. The maximum atomic E-state index is 5.75. The van der Waals surface area contributed by atoms with Crippen LogP contribution >= 0.6 is 0 Å². The molecule has 0 aliphatic rings. The molecule has 0 fully saturated rings. The van der Waals surface area contributed by atoms with Gasteiger partial charge < -0.3 is 10.1 Å². The van der Waals surface area contributed by atoms with Gasteiger partial charge in [-0.05, 0) is 31.9 Å². The van der Waals surface area contributed by atoms with Crippen molar-refractivity contribution in [1.29, 1.82) is 0 Å². The summed E-state index contributed by atoms with van der Waals surface area (Å²) in [6, 6.07) is 9.05. The Morgan fingerprint density at radius 2 is 1.79 bits per heavy atom. The number of nitrogens with one attached hydrogen (secondary N) is 1. The number of ether oxygens (including phenoxy) is 1. The molecule has 0 saturated carbocycles. The smallest absolute Gasteiger partial charge is 0.0724 e. The Balaban J connectivity index is 2.43. The summed E-state index contributed by atoms with van der Waals surface area (Å²) in [5, 5.41) is 3.36. The highest BCUT2D eigenvalue weighted by molar-refractivity contribution is 5.49. The summed E-state index contributed by atoms with van der Waals surface area (Å²) in [6.07, 6.45) is 4.30. The molecular formula is C17H27NO. The molecule has 0 bridgehead atoms. The lowest BCUT2D eigenvalue weighted by Crippen LogP contribution is -2.22. The van der Waals surface area contributed by atoms with Crippen LogP contribution in [0.1, 0.15) is 45.7 Å². The van der Waals surface area contributed by atoms with Gasteiger partial charge in [0.25, 0.3) is 0 Å². The van der Waals surface area contributed by atoms with Crippen molar-refractivity contribution >= 4 is 6.08 Å². The van der Waals surface area contributed by atoms with E-state index >= 15 is 0 Å². The second-order valence-corrected chi connectivity index (χ2v) is 6.11. The van der Waals surface area contributed by atoms with E-state index in [2.05, 4.69) is 76.4 Å². The van der Waals surface area contributed by atoms with E-state index in [1.807, 2.05) is 0 Å². The van der Waals surface area contributed by atoms with E-state index in [4.69, 9.17) is 4.74 Å². The van der Waals surface area contributed by atoms with E-state index in [1.165, 1.54) is 11.1 Å². The first-order valence-corrected chi connectivity index (χ1v) is 6.99. The van der Waals surface area contributed by atoms with Gasteiger partial charge in [-0.1, -0.05) is 50.3 Å². The summed E-state index contributed by atoms with van der Waals surface area (Å²) >= 11 is 0. The van der Waals surface area contributed by atoms with Crippen molar-refractivity contribution in [3.05, 3.63) is 41.5 Å². The predicted octanol–water partition coefficient (Wildman–Crippen LogP) is 4.01. The molecule has 2 heteroatoms. The van der Waals surface area contributed by atoms with E-state index in [0.29, 0.717) is 12.6 Å². The van der Waals surface area contributed by atoms with Crippen LogP contribution in [-0.4, -0.2) is 18.2 Å². The second kappa shape index (κ2) is 7.46. The molecule has 106 valence electrons. The number of rotatable bonds is 6. The zero-order valence-electron chi connectivity index (χ0n) is 12.9. The second-order valence-electron chi connectivity index (χ2n) is 6.11. The fraction of sp³-hybridized carbons (Fsp3) is 0.529. The third-order valence-corrected chi connectivity index (χ3v) is 2.61. The monoisotopic (exact) mass is 261 g/mol.